The Bertz CT molecular complexity index is 427. The maximum absolute atomic E-state index is 9.43. The van der Waals surface area contributed by atoms with Crippen LogP contribution in [0.5, 0.6) is 5.75 Å². The molecule has 0 fully saturated rings. The average molecular weight is 240 g/mol. The lowest BCUT2D eigenvalue weighted by Crippen LogP contribution is -1.97. The van der Waals surface area contributed by atoms with Crippen molar-refractivity contribution in [3.63, 3.8) is 0 Å². The van der Waals surface area contributed by atoms with Gasteiger partial charge < -0.3 is 5.11 Å². The Morgan fingerprint density at radius 2 is 2.31 bits per heavy atom. The number of rotatable bonds is 1. The van der Waals surface area contributed by atoms with E-state index in [-0.39, 0.29) is 5.75 Å². The second-order valence-electron chi connectivity index (χ2n) is 2.45. The Morgan fingerprint density at radius 3 is 2.92 bits per heavy atom. The minimum atomic E-state index is 0.109. The molecule has 2 aromatic heterocycles. The molecule has 13 heavy (non-hydrogen) atoms. The summed E-state index contributed by atoms with van der Waals surface area (Å²) in [6.45, 7) is 0. The molecule has 0 spiro atoms. The van der Waals surface area contributed by atoms with E-state index in [1.807, 2.05) is 0 Å². The maximum Gasteiger partial charge on any atom is 0.195 e. The van der Waals surface area contributed by atoms with E-state index in [9.17, 15) is 5.11 Å². The van der Waals surface area contributed by atoms with Gasteiger partial charge in [-0.1, -0.05) is 0 Å². The Balaban J connectivity index is 2.52. The van der Waals surface area contributed by atoms with Gasteiger partial charge in [0.15, 0.2) is 11.6 Å². The zero-order valence-corrected chi connectivity index (χ0v) is 8.14. The molecule has 0 aliphatic heterocycles. The average Bonchev–Trinajstić information content (AvgIpc) is 2.53. The minimum Gasteiger partial charge on any atom is -0.504 e. The Labute approximate surface area is 83.0 Å². The standard InChI is InChI=1S/C8H6BrN3O/c9-6-4-11-12(5-6)8-7(13)2-1-3-10-8/h1-5,13H. The van der Waals surface area contributed by atoms with Crippen LogP contribution in [0.2, 0.25) is 0 Å². The van der Waals surface area contributed by atoms with Crippen molar-refractivity contribution in [1.29, 1.82) is 0 Å². The van der Waals surface area contributed by atoms with Crippen molar-refractivity contribution in [2.45, 2.75) is 0 Å². The fourth-order valence-corrected chi connectivity index (χ4v) is 1.27. The summed E-state index contributed by atoms with van der Waals surface area (Å²) in [5.41, 5.74) is 0. The number of hydrogen-bond acceptors (Lipinski definition) is 3. The number of aromatic nitrogens is 3. The van der Waals surface area contributed by atoms with Gasteiger partial charge >= 0.3 is 0 Å². The highest BCUT2D eigenvalue weighted by Crippen LogP contribution is 2.18. The highest BCUT2D eigenvalue weighted by Gasteiger charge is 2.04. The van der Waals surface area contributed by atoms with Crippen molar-refractivity contribution in [1.82, 2.24) is 14.8 Å². The number of nitrogens with zero attached hydrogens (tertiary/aromatic N) is 3. The fourth-order valence-electron chi connectivity index (χ4n) is 0.982. The van der Waals surface area contributed by atoms with E-state index in [1.54, 1.807) is 30.7 Å². The zero-order valence-electron chi connectivity index (χ0n) is 6.55. The second kappa shape index (κ2) is 3.18. The summed E-state index contributed by atoms with van der Waals surface area (Å²) in [5, 5.41) is 13.4. The maximum atomic E-state index is 9.43. The molecule has 0 aliphatic carbocycles. The topological polar surface area (TPSA) is 50.9 Å². The molecule has 0 amide bonds. The summed E-state index contributed by atoms with van der Waals surface area (Å²) < 4.78 is 2.34. The molecule has 0 radical (unpaired) electrons. The van der Waals surface area contributed by atoms with E-state index in [1.165, 1.54) is 4.68 Å². The predicted octanol–water partition coefficient (Wildman–Crippen LogP) is 1.74. The molecule has 2 heterocycles. The number of aromatic hydroxyl groups is 1. The summed E-state index contributed by atoms with van der Waals surface area (Å²) in [6, 6.07) is 3.23. The largest absolute Gasteiger partial charge is 0.504 e. The van der Waals surface area contributed by atoms with Gasteiger partial charge in [0.1, 0.15) is 0 Å². The van der Waals surface area contributed by atoms with E-state index < -0.39 is 0 Å². The fraction of sp³-hybridized carbons (Fsp3) is 0. The highest BCUT2D eigenvalue weighted by atomic mass is 79.9. The third-order valence-corrected chi connectivity index (χ3v) is 1.94. The third-order valence-electron chi connectivity index (χ3n) is 1.53. The summed E-state index contributed by atoms with van der Waals surface area (Å²) in [4.78, 5) is 3.99. The van der Waals surface area contributed by atoms with Crippen molar-refractivity contribution in [3.05, 3.63) is 35.2 Å². The van der Waals surface area contributed by atoms with Gasteiger partial charge in [0.05, 0.1) is 10.7 Å². The first-order valence-corrected chi connectivity index (χ1v) is 4.41. The third kappa shape index (κ3) is 1.55. The molecule has 1 N–H and O–H groups in total. The van der Waals surface area contributed by atoms with Crippen LogP contribution in [0.15, 0.2) is 35.2 Å². The van der Waals surface area contributed by atoms with Crippen LogP contribution in [0.4, 0.5) is 0 Å². The summed E-state index contributed by atoms with van der Waals surface area (Å²) in [6.07, 6.45) is 4.96. The predicted molar refractivity (Wildman–Crippen MR) is 50.7 cm³/mol. The molecule has 0 bridgehead atoms. The van der Waals surface area contributed by atoms with Crippen molar-refractivity contribution in [2.24, 2.45) is 0 Å². The summed E-state index contributed by atoms with van der Waals surface area (Å²) in [5.74, 6) is 0.534. The van der Waals surface area contributed by atoms with Gasteiger partial charge in [-0.3, -0.25) is 0 Å². The molecule has 4 nitrogen and oxygen atoms in total. The Hall–Kier alpha value is -1.36. The molecular formula is C8H6BrN3O. The van der Waals surface area contributed by atoms with E-state index in [4.69, 9.17) is 0 Å². The minimum absolute atomic E-state index is 0.109. The number of halogens is 1. The molecule has 0 aliphatic rings. The molecule has 66 valence electrons. The van der Waals surface area contributed by atoms with Crippen molar-refractivity contribution in [2.75, 3.05) is 0 Å². The first kappa shape index (κ1) is 8.25. The van der Waals surface area contributed by atoms with Crippen molar-refractivity contribution < 1.29 is 5.11 Å². The first-order valence-electron chi connectivity index (χ1n) is 3.62. The molecule has 0 saturated carbocycles. The zero-order chi connectivity index (χ0) is 9.26. The van der Waals surface area contributed by atoms with Gasteiger partial charge in [0.25, 0.3) is 0 Å². The summed E-state index contributed by atoms with van der Waals surface area (Å²) in [7, 11) is 0. The van der Waals surface area contributed by atoms with Crippen LogP contribution >= 0.6 is 15.9 Å². The van der Waals surface area contributed by atoms with Crippen LogP contribution in [0.1, 0.15) is 0 Å². The molecular weight excluding hydrogens is 234 g/mol. The van der Waals surface area contributed by atoms with E-state index in [0.717, 1.165) is 4.47 Å². The molecule has 2 aromatic rings. The first-order chi connectivity index (χ1) is 6.27. The van der Waals surface area contributed by atoms with Crippen LogP contribution in [0.25, 0.3) is 5.82 Å². The normalized spacial score (nSPS) is 10.2. The lowest BCUT2D eigenvalue weighted by Gasteiger charge is -2.00. The molecule has 2 rings (SSSR count). The number of pyridine rings is 1. The van der Waals surface area contributed by atoms with Gasteiger partial charge in [-0.15, -0.1) is 0 Å². The van der Waals surface area contributed by atoms with Gasteiger partial charge in [-0.2, -0.15) is 5.10 Å². The van der Waals surface area contributed by atoms with Crippen LogP contribution in [0, 0.1) is 0 Å². The van der Waals surface area contributed by atoms with Gasteiger partial charge in [0, 0.05) is 12.4 Å². The molecule has 0 aromatic carbocycles. The second-order valence-corrected chi connectivity index (χ2v) is 3.36. The van der Waals surface area contributed by atoms with Gasteiger partial charge in [-0.05, 0) is 28.1 Å². The molecule has 0 saturated heterocycles. The molecule has 0 unspecified atom stereocenters. The lowest BCUT2D eigenvalue weighted by atomic mass is 10.4. The van der Waals surface area contributed by atoms with Crippen LogP contribution in [-0.4, -0.2) is 19.9 Å². The SMILES string of the molecule is Oc1cccnc1-n1cc(Br)cn1. The smallest absolute Gasteiger partial charge is 0.195 e. The highest BCUT2D eigenvalue weighted by molar-refractivity contribution is 9.10. The summed E-state index contributed by atoms with van der Waals surface area (Å²) >= 11 is 3.26. The quantitative estimate of drug-likeness (QED) is 0.825. The molecule has 0 atom stereocenters. The Morgan fingerprint density at radius 1 is 1.46 bits per heavy atom. The van der Waals surface area contributed by atoms with Gasteiger partial charge in [-0.25, -0.2) is 9.67 Å². The van der Waals surface area contributed by atoms with Gasteiger partial charge in [0.2, 0.25) is 0 Å². The van der Waals surface area contributed by atoms with E-state index in [0.29, 0.717) is 5.82 Å². The monoisotopic (exact) mass is 239 g/mol. The van der Waals surface area contributed by atoms with Crippen LogP contribution < -0.4 is 0 Å². The van der Waals surface area contributed by atoms with Crippen LogP contribution in [0.3, 0.4) is 0 Å². The van der Waals surface area contributed by atoms with Crippen molar-refractivity contribution >= 4 is 15.9 Å². The van der Waals surface area contributed by atoms with E-state index in [2.05, 4.69) is 26.0 Å². The number of hydrogen-bond donors (Lipinski definition) is 1. The van der Waals surface area contributed by atoms with Crippen molar-refractivity contribution in [3.8, 4) is 11.6 Å². The lowest BCUT2D eigenvalue weighted by molar-refractivity contribution is 0.467. The van der Waals surface area contributed by atoms with E-state index >= 15 is 0 Å². The van der Waals surface area contributed by atoms with Crippen LogP contribution in [-0.2, 0) is 0 Å². The molecule has 5 heteroatoms. The Kier molecular flexibility index (Phi) is 2.02.